The highest BCUT2D eigenvalue weighted by Crippen LogP contribution is 2.35. The van der Waals surface area contributed by atoms with Gasteiger partial charge in [-0.25, -0.2) is 0 Å². The summed E-state index contributed by atoms with van der Waals surface area (Å²) in [5.74, 6) is 0.150. The first-order valence-corrected chi connectivity index (χ1v) is 4.39. The monoisotopic (exact) mass is 190 g/mol. The molecule has 0 bridgehead atoms. The summed E-state index contributed by atoms with van der Waals surface area (Å²) in [4.78, 5) is 4.20. The molecule has 1 aliphatic rings. The fraction of sp³-hybridized carbons (Fsp3) is 0.200. The van der Waals surface area contributed by atoms with Gasteiger partial charge in [0.2, 0.25) is 0 Å². The number of aliphatic imine (C=N–C) groups is 1. The van der Waals surface area contributed by atoms with E-state index in [2.05, 4.69) is 11.1 Å². The molecule has 2 rings (SSSR count). The third-order valence-electron chi connectivity index (χ3n) is 2.10. The molecule has 0 radical (unpaired) electrons. The van der Waals surface area contributed by atoms with Crippen LogP contribution in [0, 0.1) is 11.3 Å². The maximum atomic E-state index is 8.57. The zero-order valence-corrected chi connectivity index (χ0v) is 7.62. The highest BCUT2D eigenvalue weighted by Gasteiger charge is 2.18. The van der Waals surface area contributed by atoms with Gasteiger partial charge in [-0.1, -0.05) is 17.7 Å². The quantitative estimate of drug-likeness (QED) is 0.671. The smallest absolute Gasteiger partial charge is 0.0679 e. The predicted octanol–water partition coefficient (Wildman–Crippen LogP) is 3.05. The van der Waals surface area contributed by atoms with Gasteiger partial charge in [-0.3, -0.25) is 4.99 Å². The van der Waals surface area contributed by atoms with Gasteiger partial charge in [0.1, 0.15) is 0 Å². The van der Waals surface area contributed by atoms with Crippen LogP contribution in [0.4, 0.5) is 5.69 Å². The van der Waals surface area contributed by atoms with Crippen LogP contribution in [0.1, 0.15) is 17.9 Å². The van der Waals surface area contributed by atoms with Crippen molar-refractivity contribution < 1.29 is 0 Å². The Morgan fingerprint density at radius 2 is 2.38 bits per heavy atom. The van der Waals surface area contributed by atoms with Crippen LogP contribution in [0.25, 0.3) is 0 Å². The molecule has 0 fully saturated rings. The molecule has 0 saturated carbocycles. The van der Waals surface area contributed by atoms with Crippen molar-refractivity contribution >= 4 is 23.5 Å². The van der Waals surface area contributed by atoms with E-state index in [0.717, 1.165) is 11.3 Å². The number of rotatable bonds is 1. The average Bonchev–Trinajstić information content (AvgIpc) is 2.49. The summed E-state index contributed by atoms with van der Waals surface area (Å²) < 4.78 is 0. The molecule has 1 aromatic rings. The lowest BCUT2D eigenvalue weighted by atomic mass is 9.99. The van der Waals surface area contributed by atoms with E-state index in [1.165, 1.54) is 0 Å². The fourth-order valence-electron chi connectivity index (χ4n) is 1.45. The van der Waals surface area contributed by atoms with Crippen molar-refractivity contribution in [3.63, 3.8) is 0 Å². The van der Waals surface area contributed by atoms with Crippen molar-refractivity contribution in [2.45, 2.75) is 12.3 Å². The molecule has 1 heterocycles. The molecule has 0 amide bonds. The van der Waals surface area contributed by atoms with Crippen LogP contribution in [0.3, 0.4) is 0 Å². The van der Waals surface area contributed by atoms with Gasteiger partial charge in [-0.05, 0) is 17.7 Å². The van der Waals surface area contributed by atoms with Gasteiger partial charge in [0.15, 0.2) is 0 Å². The maximum absolute atomic E-state index is 8.57. The van der Waals surface area contributed by atoms with Crippen LogP contribution in [0.5, 0.6) is 0 Å². The van der Waals surface area contributed by atoms with E-state index in [-0.39, 0.29) is 5.92 Å². The van der Waals surface area contributed by atoms with Gasteiger partial charge in [-0.15, -0.1) is 0 Å². The lowest BCUT2D eigenvalue weighted by molar-refractivity contribution is 0.958. The molecule has 0 spiro atoms. The number of benzene rings is 1. The maximum Gasteiger partial charge on any atom is 0.0679 e. The molecule has 1 aliphatic heterocycles. The van der Waals surface area contributed by atoms with E-state index in [0.29, 0.717) is 11.4 Å². The summed E-state index contributed by atoms with van der Waals surface area (Å²) in [6.07, 6.45) is 2.29. The minimum absolute atomic E-state index is 0.150. The van der Waals surface area contributed by atoms with Crippen LogP contribution in [-0.4, -0.2) is 6.21 Å². The SMILES string of the molecule is N#CC[C@@H]1C=Nc2cc(Cl)ccc21. The topological polar surface area (TPSA) is 36.1 Å². The molecule has 1 aromatic carbocycles. The first-order valence-electron chi connectivity index (χ1n) is 4.02. The summed E-state index contributed by atoms with van der Waals surface area (Å²) in [6, 6.07) is 7.74. The summed E-state index contributed by atoms with van der Waals surface area (Å²) in [7, 11) is 0. The Kier molecular flexibility index (Phi) is 2.03. The molecule has 0 aliphatic carbocycles. The average molecular weight is 191 g/mol. The summed E-state index contributed by atoms with van der Waals surface area (Å²) in [5, 5.41) is 9.26. The van der Waals surface area contributed by atoms with Crippen molar-refractivity contribution in [1.82, 2.24) is 0 Å². The van der Waals surface area contributed by atoms with E-state index in [1.807, 2.05) is 24.4 Å². The van der Waals surface area contributed by atoms with Gasteiger partial charge in [0, 0.05) is 23.6 Å². The Labute approximate surface area is 81.5 Å². The minimum atomic E-state index is 0.150. The normalized spacial score (nSPS) is 18.3. The summed E-state index contributed by atoms with van der Waals surface area (Å²) >= 11 is 5.81. The zero-order valence-electron chi connectivity index (χ0n) is 6.87. The lowest BCUT2D eigenvalue weighted by Crippen LogP contribution is -1.93. The van der Waals surface area contributed by atoms with Crippen LogP contribution in [0.2, 0.25) is 5.02 Å². The molecular weight excluding hydrogens is 184 g/mol. The highest BCUT2D eigenvalue weighted by molar-refractivity contribution is 6.30. The molecule has 0 aromatic heterocycles. The van der Waals surface area contributed by atoms with Crippen molar-refractivity contribution in [2.75, 3.05) is 0 Å². The molecular formula is C10H7ClN2. The number of fused-ring (bicyclic) bond motifs is 1. The Morgan fingerprint density at radius 3 is 3.15 bits per heavy atom. The number of hydrogen-bond acceptors (Lipinski definition) is 2. The minimum Gasteiger partial charge on any atom is -0.260 e. The van der Waals surface area contributed by atoms with Gasteiger partial charge >= 0.3 is 0 Å². The molecule has 1 atom stereocenters. The molecule has 3 heteroatoms. The number of nitrogens with zero attached hydrogens (tertiary/aromatic N) is 2. The largest absolute Gasteiger partial charge is 0.260 e. The molecule has 0 saturated heterocycles. The zero-order chi connectivity index (χ0) is 9.26. The first kappa shape index (κ1) is 8.28. The lowest BCUT2D eigenvalue weighted by Gasteiger charge is -2.03. The highest BCUT2D eigenvalue weighted by atomic mass is 35.5. The molecule has 0 unspecified atom stereocenters. The third-order valence-corrected chi connectivity index (χ3v) is 2.33. The second-order valence-corrected chi connectivity index (χ2v) is 3.39. The Hall–Kier alpha value is -1.33. The van der Waals surface area contributed by atoms with Crippen LogP contribution in [0.15, 0.2) is 23.2 Å². The van der Waals surface area contributed by atoms with E-state index >= 15 is 0 Å². The van der Waals surface area contributed by atoms with Crippen LogP contribution >= 0.6 is 11.6 Å². The fourth-order valence-corrected chi connectivity index (χ4v) is 1.62. The van der Waals surface area contributed by atoms with E-state index in [1.54, 1.807) is 0 Å². The van der Waals surface area contributed by atoms with Crippen LogP contribution < -0.4 is 0 Å². The van der Waals surface area contributed by atoms with Gasteiger partial charge in [0.05, 0.1) is 11.8 Å². The van der Waals surface area contributed by atoms with Crippen LogP contribution in [-0.2, 0) is 0 Å². The first-order chi connectivity index (χ1) is 6.31. The summed E-state index contributed by atoms with van der Waals surface area (Å²) in [5.41, 5.74) is 2.00. The molecule has 13 heavy (non-hydrogen) atoms. The predicted molar refractivity (Wildman–Crippen MR) is 52.6 cm³/mol. The number of halogens is 1. The van der Waals surface area contributed by atoms with E-state index in [4.69, 9.17) is 16.9 Å². The Morgan fingerprint density at radius 1 is 1.54 bits per heavy atom. The van der Waals surface area contributed by atoms with E-state index in [9.17, 15) is 0 Å². The number of nitriles is 1. The third kappa shape index (κ3) is 1.43. The van der Waals surface area contributed by atoms with Gasteiger partial charge in [-0.2, -0.15) is 5.26 Å². The van der Waals surface area contributed by atoms with Crippen molar-refractivity contribution in [1.29, 1.82) is 5.26 Å². The molecule has 0 N–H and O–H groups in total. The molecule has 2 nitrogen and oxygen atoms in total. The van der Waals surface area contributed by atoms with Gasteiger partial charge < -0.3 is 0 Å². The standard InChI is InChI=1S/C10H7ClN2/c11-8-1-2-9-7(3-4-12)6-13-10(9)5-8/h1-2,5-7H,3H2/t7-/m1/s1. The van der Waals surface area contributed by atoms with Crippen molar-refractivity contribution in [2.24, 2.45) is 4.99 Å². The van der Waals surface area contributed by atoms with Crippen molar-refractivity contribution in [3.05, 3.63) is 28.8 Å². The number of hydrogen-bond donors (Lipinski definition) is 0. The Balaban J connectivity index is 2.39. The molecule has 64 valence electrons. The van der Waals surface area contributed by atoms with Gasteiger partial charge in [0.25, 0.3) is 0 Å². The summed E-state index contributed by atoms with van der Waals surface area (Å²) in [6.45, 7) is 0. The Bertz CT molecular complexity index is 404. The second-order valence-electron chi connectivity index (χ2n) is 2.95. The van der Waals surface area contributed by atoms with E-state index < -0.39 is 0 Å². The van der Waals surface area contributed by atoms with Crippen molar-refractivity contribution in [3.8, 4) is 6.07 Å². The second kappa shape index (κ2) is 3.20.